The number of aliphatic hydroxyl groups excluding tert-OH is 1. The summed E-state index contributed by atoms with van der Waals surface area (Å²) in [5.74, 6) is 0.841. The maximum Gasteiger partial charge on any atom is 0.248 e. The average Bonchev–Trinajstić information content (AvgIpc) is 3.02. The molecule has 2 aromatic carbocycles. The van der Waals surface area contributed by atoms with Gasteiger partial charge in [0.2, 0.25) is 5.91 Å². The molecule has 0 aliphatic carbocycles. The number of nitriles is 1. The molecule has 12 heteroatoms. The zero-order valence-corrected chi connectivity index (χ0v) is 24.7. The molecule has 230 valence electrons. The first-order valence-corrected chi connectivity index (χ1v) is 14.9. The minimum Gasteiger partial charge on any atom is -0.486 e. The molecule has 0 saturated carbocycles. The SMILES string of the molecule is Cc1cc(-c2nccc(Nc3ccc(N4CCN(C5COC5)CC4)cc3)n2)cc(C#N)c1O[C@H]1CCN(C(=O)CO)C[C@H]1F. The van der Waals surface area contributed by atoms with Crippen LogP contribution in [0.1, 0.15) is 17.5 Å². The van der Waals surface area contributed by atoms with Crippen molar-refractivity contribution >= 4 is 23.1 Å². The van der Waals surface area contributed by atoms with E-state index in [1.54, 1.807) is 25.3 Å². The van der Waals surface area contributed by atoms with E-state index in [0.717, 1.165) is 45.1 Å². The third-order valence-corrected chi connectivity index (χ3v) is 8.50. The molecular formula is C32H36FN7O4. The van der Waals surface area contributed by atoms with Gasteiger partial charge in [0, 0.05) is 62.3 Å². The number of piperazine rings is 1. The molecule has 3 aliphatic heterocycles. The molecule has 0 spiro atoms. The van der Waals surface area contributed by atoms with Crippen LogP contribution in [0.3, 0.4) is 0 Å². The molecule has 3 aliphatic rings. The van der Waals surface area contributed by atoms with E-state index in [1.807, 2.05) is 18.2 Å². The van der Waals surface area contributed by atoms with E-state index in [1.165, 1.54) is 10.6 Å². The van der Waals surface area contributed by atoms with Crippen molar-refractivity contribution in [2.45, 2.75) is 31.7 Å². The standard InChI is InChI=1S/C32H36FN7O4/c1-21-14-22(15-23(16-34)31(21)44-28-7-9-40(17-27(28)33)30(42)18-41)32-35-8-6-29(37-32)36-24-2-4-25(5-3-24)38-10-12-39(13-11-38)26-19-43-20-26/h2-6,8,14-15,26-28,41H,7,9-13,17-20H2,1H3,(H,35,36,37)/t27-,28+/m1/s1. The van der Waals surface area contributed by atoms with Crippen LogP contribution in [0.15, 0.2) is 48.7 Å². The van der Waals surface area contributed by atoms with E-state index in [9.17, 15) is 14.4 Å². The number of aromatic nitrogens is 2. The summed E-state index contributed by atoms with van der Waals surface area (Å²) >= 11 is 0. The quantitative estimate of drug-likeness (QED) is 0.398. The van der Waals surface area contributed by atoms with Crippen molar-refractivity contribution in [3.63, 3.8) is 0 Å². The van der Waals surface area contributed by atoms with Crippen molar-refractivity contribution in [2.75, 3.05) is 69.3 Å². The summed E-state index contributed by atoms with van der Waals surface area (Å²) in [6.45, 7) is 7.02. The van der Waals surface area contributed by atoms with Crippen LogP contribution in [0, 0.1) is 18.3 Å². The van der Waals surface area contributed by atoms with Crippen molar-refractivity contribution in [2.24, 2.45) is 0 Å². The molecule has 11 nitrogen and oxygen atoms in total. The summed E-state index contributed by atoms with van der Waals surface area (Å²) in [7, 11) is 0. The third-order valence-electron chi connectivity index (χ3n) is 8.50. The number of hydrogen-bond donors (Lipinski definition) is 2. The second kappa shape index (κ2) is 13.1. The van der Waals surface area contributed by atoms with E-state index in [0.29, 0.717) is 34.6 Å². The normalized spacial score (nSPS) is 21.0. The smallest absolute Gasteiger partial charge is 0.248 e. The van der Waals surface area contributed by atoms with Gasteiger partial charge in [0.15, 0.2) is 12.0 Å². The Morgan fingerprint density at radius 2 is 1.93 bits per heavy atom. The van der Waals surface area contributed by atoms with Crippen LogP contribution < -0.4 is 15.0 Å². The van der Waals surface area contributed by atoms with E-state index in [-0.39, 0.29) is 25.1 Å². The van der Waals surface area contributed by atoms with Gasteiger partial charge in [0.05, 0.1) is 31.4 Å². The van der Waals surface area contributed by atoms with Crippen LogP contribution >= 0.6 is 0 Å². The minimum absolute atomic E-state index is 0.160. The highest BCUT2D eigenvalue weighted by molar-refractivity contribution is 5.77. The van der Waals surface area contributed by atoms with Crippen LogP contribution in [0.5, 0.6) is 5.75 Å². The van der Waals surface area contributed by atoms with E-state index in [2.05, 4.69) is 43.3 Å². The molecule has 4 heterocycles. The molecule has 1 aromatic heterocycles. The number of aryl methyl sites for hydroxylation is 1. The predicted octanol–water partition coefficient (Wildman–Crippen LogP) is 2.90. The molecular weight excluding hydrogens is 565 g/mol. The number of alkyl halides is 1. The fourth-order valence-electron chi connectivity index (χ4n) is 5.89. The lowest BCUT2D eigenvalue weighted by Gasteiger charge is -2.43. The second-order valence-electron chi connectivity index (χ2n) is 11.4. The number of nitrogens with zero attached hydrogens (tertiary/aromatic N) is 6. The summed E-state index contributed by atoms with van der Waals surface area (Å²) in [6, 6.07) is 16.3. The highest BCUT2D eigenvalue weighted by Gasteiger charge is 2.34. The molecule has 3 aromatic rings. The number of anilines is 3. The maximum absolute atomic E-state index is 14.9. The highest BCUT2D eigenvalue weighted by atomic mass is 19.1. The lowest BCUT2D eigenvalue weighted by molar-refractivity contribution is -0.138. The second-order valence-corrected chi connectivity index (χ2v) is 11.4. The number of aliphatic hydroxyl groups is 1. The van der Waals surface area contributed by atoms with Gasteiger partial charge in [-0.05, 0) is 55.0 Å². The van der Waals surface area contributed by atoms with Gasteiger partial charge >= 0.3 is 0 Å². The molecule has 1 amide bonds. The maximum atomic E-state index is 14.9. The molecule has 3 saturated heterocycles. The monoisotopic (exact) mass is 601 g/mol. The summed E-state index contributed by atoms with van der Waals surface area (Å²) in [5.41, 5.74) is 3.63. The Bertz CT molecular complexity index is 1520. The van der Waals surface area contributed by atoms with Crippen molar-refractivity contribution in [3.05, 3.63) is 59.8 Å². The van der Waals surface area contributed by atoms with Gasteiger partial charge in [0.25, 0.3) is 0 Å². The average molecular weight is 602 g/mol. The van der Waals surface area contributed by atoms with Gasteiger partial charge in [-0.2, -0.15) is 5.26 Å². The number of likely N-dealkylation sites (tertiary alicyclic amines) is 1. The van der Waals surface area contributed by atoms with Crippen LogP contribution in [0.2, 0.25) is 0 Å². The number of benzene rings is 2. The van der Waals surface area contributed by atoms with Gasteiger partial charge in [-0.15, -0.1) is 0 Å². The third kappa shape index (κ3) is 6.45. The summed E-state index contributed by atoms with van der Waals surface area (Å²) in [5, 5.41) is 22.3. The lowest BCUT2D eigenvalue weighted by Crippen LogP contribution is -2.56. The van der Waals surface area contributed by atoms with Crippen molar-refractivity contribution in [3.8, 4) is 23.2 Å². The van der Waals surface area contributed by atoms with Gasteiger partial charge < -0.3 is 29.7 Å². The van der Waals surface area contributed by atoms with Gasteiger partial charge in [-0.25, -0.2) is 14.4 Å². The number of amides is 1. The number of ether oxygens (including phenoxy) is 2. The zero-order valence-electron chi connectivity index (χ0n) is 24.7. The Morgan fingerprint density at radius 3 is 2.59 bits per heavy atom. The number of piperidine rings is 1. The Hall–Kier alpha value is -4.31. The summed E-state index contributed by atoms with van der Waals surface area (Å²) < 4.78 is 26.2. The fourth-order valence-corrected chi connectivity index (χ4v) is 5.89. The number of hydrogen-bond acceptors (Lipinski definition) is 10. The first kappa shape index (κ1) is 29.7. The Labute approximate surface area is 255 Å². The molecule has 3 fully saturated rings. The molecule has 0 radical (unpaired) electrons. The van der Waals surface area contributed by atoms with Crippen LogP contribution in [0.4, 0.5) is 21.6 Å². The number of carbonyl (C=O) groups is 1. The molecule has 0 bridgehead atoms. The number of halogens is 1. The number of carbonyl (C=O) groups excluding carboxylic acids is 1. The van der Waals surface area contributed by atoms with Crippen LogP contribution in [-0.2, 0) is 9.53 Å². The first-order valence-electron chi connectivity index (χ1n) is 14.9. The molecule has 6 rings (SSSR count). The largest absolute Gasteiger partial charge is 0.486 e. The molecule has 2 N–H and O–H groups in total. The molecule has 0 unspecified atom stereocenters. The highest BCUT2D eigenvalue weighted by Crippen LogP contribution is 2.32. The van der Waals surface area contributed by atoms with Crippen LogP contribution in [-0.4, -0.2) is 108 Å². The first-order chi connectivity index (χ1) is 21.4. The predicted molar refractivity (Wildman–Crippen MR) is 163 cm³/mol. The fraction of sp³-hybridized carbons (Fsp3) is 0.438. The van der Waals surface area contributed by atoms with Gasteiger partial charge in [0.1, 0.15) is 30.3 Å². The summed E-state index contributed by atoms with van der Waals surface area (Å²) in [4.78, 5) is 27.0. The Morgan fingerprint density at radius 1 is 1.16 bits per heavy atom. The lowest BCUT2D eigenvalue weighted by atomic mass is 10.0. The number of nitrogens with one attached hydrogen (secondary N) is 1. The topological polar surface area (TPSA) is 127 Å². The van der Waals surface area contributed by atoms with Crippen molar-refractivity contribution in [1.82, 2.24) is 19.8 Å². The Balaban J connectivity index is 1.11. The van der Waals surface area contributed by atoms with Gasteiger partial charge in [-0.3, -0.25) is 9.69 Å². The van der Waals surface area contributed by atoms with E-state index >= 15 is 0 Å². The van der Waals surface area contributed by atoms with Crippen LogP contribution in [0.25, 0.3) is 11.4 Å². The zero-order chi connectivity index (χ0) is 30.6. The number of rotatable bonds is 8. The Kier molecular flexibility index (Phi) is 8.88. The molecule has 44 heavy (non-hydrogen) atoms. The van der Waals surface area contributed by atoms with E-state index in [4.69, 9.17) is 14.6 Å². The molecule has 2 atom stereocenters. The van der Waals surface area contributed by atoms with E-state index < -0.39 is 24.8 Å². The van der Waals surface area contributed by atoms with Crippen molar-refractivity contribution in [1.29, 1.82) is 5.26 Å². The minimum atomic E-state index is -1.44. The summed E-state index contributed by atoms with van der Waals surface area (Å²) in [6.07, 6.45) is -0.338. The van der Waals surface area contributed by atoms with Crippen molar-refractivity contribution < 1.29 is 23.8 Å². The van der Waals surface area contributed by atoms with Gasteiger partial charge in [-0.1, -0.05) is 0 Å².